The van der Waals surface area contributed by atoms with E-state index in [1.807, 2.05) is 54.6 Å². The second-order valence-corrected chi connectivity index (χ2v) is 12.0. The summed E-state index contributed by atoms with van der Waals surface area (Å²) in [5.74, 6) is 1.57. The molecule has 204 valence electrons. The van der Waals surface area contributed by atoms with E-state index in [0.29, 0.717) is 38.8 Å². The number of halogens is 2. The van der Waals surface area contributed by atoms with Gasteiger partial charge >= 0.3 is 6.09 Å². The standard InChI is InChI=1S/C27H27Cl2N5O4S/c1-3-37-27(35)34-39(2,36)16-19-7-6-8-20(13-19)32-26-31-17-30-25(33-26)21-9-4-5-10-24(21)38-15-18-11-12-22(28)23(29)14-18/h4-14,17,39H,3,15-16H2,1-2H3,(H,34,35,36)(H,30,31,32,33). The first kappa shape index (κ1) is 28.4. The molecule has 12 heteroatoms. The number of para-hydroxylation sites is 1. The van der Waals surface area contributed by atoms with Crippen molar-refractivity contribution in [2.45, 2.75) is 19.3 Å². The Kier molecular flexibility index (Phi) is 9.47. The first-order valence-corrected chi connectivity index (χ1v) is 15.0. The van der Waals surface area contributed by atoms with Gasteiger partial charge in [-0.25, -0.2) is 14.8 Å². The second kappa shape index (κ2) is 13.0. The van der Waals surface area contributed by atoms with Gasteiger partial charge in [-0.15, -0.1) is 0 Å². The van der Waals surface area contributed by atoms with Gasteiger partial charge in [0.05, 0.1) is 22.2 Å². The number of aromatic nitrogens is 3. The SMILES string of the molecule is CCOC(=O)N=[SH](C)(O)Cc1cccc(Nc2ncnc(-c3ccccc3OCc3ccc(Cl)c(Cl)c3)n2)c1. The zero-order valence-electron chi connectivity index (χ0n) is 21.2. The van der Waals surface area contributed by atoms with Crippen molar-refractivity contribution in [2.75, 3.05) is 18.2 Å². The molecule has 0 atom stereocenters. The topological polar surface area (TPSA) is 119 Å². The molecule has 4 rings (SSSR count). The lowest BCUT2D eigenvalue weighted by molar-refractivity contribution is 0.164. The van der Waals surface area contributed by atoms with Gasteiger partial charge in [-0.3, -0.25) is 0 Å². The quantitative estimate of drug-likeness (QED) is 0.179. The number of benzene rings is 3. The van der Waals surface area contributed by atoms with Gasteiger partial charge in [0.15, 0.2) is 5.82 Å². The smallest absolute Gasteiger partial charge is 0.439 e. The molecule has 0 unspecified atom stereocenters. The average molecular weight is 589 g/mol. The Labute approximate surface area is 237 Å². The number of carbonyl (C=O) groups excluding carboxylic acids is 1. The van der Waals surface area contributed by atoms with Crippen LogP contribution in [0.4, 0.5) is 16.4 Å². The number of nitrogens with one attached hydrogen (secondary N) is 1. The maximum Gasteiger partial charge on any atom is 0.439 e. The molecule has 0 aliphatic carbocycles. The van der Waals surface area contributed by atoms with Gasteiger partial charge in [-0.05, 0) is 60.7 Å². The minimum atomic E-state index is -2.89. The molecule has 9 nitrogen and oxygen atoms in total. The number of carbonyl (C=O) groups is 1. The zero-order valence-corrected chi connectivity index (χ0v) is 23.6. The largest absolute Gasteiger partial charge is 0.488 e. The van der Waals surface area contributed by atoms with Crippen LogP contribution in [-0.4, -0.2) is 38.5 Å². The van der Waals surface area contributed by atoms with Crippen LogP contribution in [0.25, 0.3) is 11.4 Å². The number of hydrogen-bond donors (Lipinski definition) is 3. The molecule has 2 N–H and O–H groups in total. The summed E-state index contributed by atoms with van der Waals surface area (Å²) >= 11 is 12.1. The molecular formula is C27H27Cl2N5O4S. The predicted octanol–water partition coefficient (Wildman–Crippen LogP) is 7.00. The molecule has 0 fully saturated rings. The number of ether oxygens (including phenoxy) is 2. The van der Waals surface area contributed by atoms with Crippen molar-refractivity contribution in [3.8, 4) is 17.1 Å². The first-order chi connectivity index (χ1) is 18.7. The molecule has 1 aromatic heterocycles. The lowest BCUT2D eigenvalue weighted by Gasteiger charge is -2.18. The van der Waals surface area contributed by atoms with Crippen molar-refractivity contribution in [1.82, 2.24) is 15.0 Å². The van der Waals surface area contributed by atoms with Gasteiger partial charge in [0, 0.05) is 11.4 Å². The summed E-state index contributed by atoms with van der Waals surface area (Å²) in [6, 6.07) is 20.1. The Morgan fingerprint density at radius 3 is 2.64 bits per heavy atom. The molecule has 0 saturated carbocycles. The minimum Gasteiger partial charge on any atom is -0.488 e. The third-order valence-electron chi connectivity index (χ3n) is 5.31. The summed E-state index contributed by atoms with van der Waals surface area (Å²) in [4.78, 5) is 24.8. The first-order valence-electron chi connectivity index (χ1n) is 11.9. The predicted molar refractivity (Wildman–Crippen MR) is 156 cm³/mol. The molecule has 1 heterocycles. The third kappa shape index (κ3) is 8.21. The second-order valence-electron chi connectivity index (χ2n) is 8.54. The van der Waals surface area contributed by atoms with Crippen LogP contribution >= 0.6 is 23.2 Å². The van der Waals surface area contributed by atoms with E-state index in [-0.39, 0.29) is 19.0 Å². The molecule has 0 saturated heterocycles. The molecule has 0 spiro atoms. The zero-order chi connectivity index (χ0) is 27.8. The number of nitrogens with zero attached hydrogens (tertiary/aromatic N) is 4. The van der Waals surface area contributed by atoms with Gasteiger partial charge in [-0.2, -0.15) is 9.35 Å². The molecule has 0 bridgehead atoms. The third-order valence-corrected chi connectivity index (χ3v) is 7.61. The van der Waals surface area contributed by atoms with E-state index in [4.69, 9.17) is 32.7 Å². The molecular weight excluding hydrogens is 561 g/mol. The molecule has 1 amide bonds. The average Bonchev–Trinajstić information content (AvgIpc) is 2.89. The van der Waals surface area contributed by atoms with Crippen molar-refractivity contribution in [2.24, 2.45) is 4.36 Å². The normalized spacial score (nSPS) is 11.5. The van der Waals surface area contributed by atoms with Crippen molar-refractivity contribution in [3.05, 3.63) is 94.2 Å². The van der Waals surface area contributed by atoms with Gasteiger partial charge < -0.3 is 19.3 Å². The number of thiol groups is 1. The summed E-state index contributed by atoms with van der Waals surface area (Å²) in [6.07, 6.45) is 2.21. The number of anilines is 2. The van der Waals surface area contributed by atoms with E-state index < -0.39 is 16.2 Å². The highest BCUT2D eigenvalue weighted by molar-refractivity contribution is 7.98. The lowest BCUT2D eigenvalue weighted by Crippen LogP contribution is -2.14. The summed E-state index contributed by atoms with van der Waals surface area (Å²) in [7, 11) is -2.89. The number of hydrogen-bond acceptors (Lipinski definition) is 7. The summed E-state index contributed by atoms with van der Waals surface area (Å²) in [6.45, 7) is 2.17. The van der Waals surface area contributed by atoms with Crippen LogP contribution in [0.2, 0.25) is 10.0 Å². The molecule has 0 radical (unpaired) electrons. The van der Waals surface area contributed by atoms with E-state index in [1.54, 1.807) is 25.3 Å². The highest BCUT2D eigenvalue weighted by atomic mass is 35.5. The number of amides is 1. The Morgan fingerprint density at radius 1 is 1.03 bits per heavy atom. The summed E-state index contributed by atoms with van der Waals surface area (Å²) in [5, 5.41) is 4.11. The Bertz CT molecular complexity index is 1530. The highest BCUT2D eigenvalue weighted by Crippen LogP contribution is 2.29. The monoisotopic (exact) mass is 587 g/mol. The van der Waals surface area contributed by atoms with E-state index >= 15 is 0 Å². The maximum atomic E-state index is 11.7. The molecule has 39 heavy (non-hydrogen) atoms. The van der Waals surface area contributed by atoms with E-state index in [0.717, 1.165) is 11.1 Å². The molecule has 0 aliphatic rings. The van der Waals surface area contributed by atoms with E-state index in [9.17, 15) is 9.35 Å². The molecule has 0 aliphatic heterocycles. The number of rotatable bonds is 9. The molecule has 4 aromatic rings. The fourth-order valence-corrected chi connectivity index (χ4v) is 5.33. The van der Waals surface area contributed by atoms with Crippen molar-refractivity contribution in [1.29, 1.82) is 0 Å². The fourth-order valence-electron chi connectivity index (χ4n) is 3.64. The molecule has 3 aromatic carbocycles. The summed E-state index contributed by atoms with van der Waals surface area (Å²) < 4.78 is 25.4. The van der Waals surface area contributed by atoms with Crippen molar-refractivity contribution >= 4 is 51.0 Å². The van der Waals surface area contributed by atoms with Gasteiger partial charge in [-0.1, -0.05) is 63.6 Å². The lowest BCUT2D eigenvalue weighted by atomic mass is 10.2. The van der Waals surface area contributed by atoms with Crippen molar-refractivity contribution < 1.29 is 18.8 Å². The van der Waals surface area contributed by atoms with Crippen LogP contribution in [0.1, 0.15) is 18.1 Å². The van der Waals surface area contributed by atoms with Crippen LogP contribution in [0.3, 0.4) is 0 Å². The Hall–Kier alpha value is -3.57. The Morgan fingerprint density at radius 2 is 1.85 bits per heavy atom. The summed E-state index contributed by atoms with van der Waals surface area (Å²) in [5.41, 5.74) is 3.05. The van der Waals surface area contributed by atoms with Gasteiger partial charge in [0.2, 0.25) is 5.95 Å². The van der Waals surface area contributed by atoms with Crippen LogP contribution in [0.15, 0.2) is 77.4 Å². The van der Waals surface area contributed by atoms with Gasteiger partial charge in [0.25, 0.3) is 0 Å². The highest BCUT2D eigenvalue weighted by Gasteiger charge is 2.12. The van der Waals surface area contributed by atoms with Crippen LogP contribution in [-0.2, 0) is 27.2 Å². The van der Waals surface area contributed by atoms with Crippen molar-refractivity contribution in [3.63, 3.8) is 0 Å². The maximum absolute atomic E-state index is 11.7. The van der Waals surface area contributed by atoms with E-state index in [2.05, 4.69) is 24.6 Å². The van der Waals surface area contributed by atoms with Crippen LogP contribution < -0.4 is 10.1 Å². The van der Waals surface area contributed by atoms with Gasteiger partial charge in [0.1, 0.15) is 18.7 Å². The van der Waals surface area contributed by atoms with E-state index in [1.165, 1.54) is 6.33 Å². The van der Waals surface area contributed by atoms with Crippen LogP contribution in [0.5, 0.6) is 5.75 Å². The Balaban J connectivity index is 1.50. The van der Waals surface area contributed by atoms with Crippen LogP contribution in [0, 0.1) is 0 Å². The minimum absolute atomic E-state index is 0.198. The fraction of sp³-hybridized carbons (Fsp3) is 0.185.